The number of nitrogens with zero attached hydrogens (tertiary/aromatic N) is 2. The van der Waals surface area contributed by atoms with E-state index in [0.29, 0.717) is 0 Å². The molecule has 0 spiro atoms. The van der Waals surface area contributed by atoms with Gasteiger partial charge in [-0.2, -0.15) is 5.10 Å². The molecule has 1 rings (SSSR count). The Morgan fingerprint density at radius 1 is 1.58 bits per heavy atom. The van der Waals surface area contributed by atoms with Crippen molar-refractivity contribution in [3.8, 4) is 0 Å². The van der Waals surface area contributed by atoms with E-state index in [1.54, 1.807) is 0 Å². The SMILES string of the molecule is CCn1cc(C(C)(C)CO)cn1. The van der Waals surface area contributed by atoms with Crippen LogP contribution in [0.5, 0.6) is 0 Å². The van der Waals surface area contributed by atoms with E-state index in [0.717, 1.165) is 12.1 Å². The van der Waals surface area contributed by atoms with Gasteiger partial charge in [0.2, 0.25) is 0 Å². The molecule has 0 amide bonds. The molecule has 1 N–H and O–H groups in total. The third-order valence-corrected chi connectivity index (χ3v) is 2.13. The summed E-state index contributed by atoms with van der Waals surface area (Å²) in [7, 11) is 0. The Morgan fingerprint density at radius 3 is 2.67 bits per heavy atom. The molecule has 3 nitrogen and oxygen atoms in total. The van der Waals surface area contributed by atoms with E-state index in [2.05, 4.69) is 5.10 Å². The molecule has 68 valence electrons. The molecule has 0 aromatic carbocycles. The number of hydrogen-bond donors (Lipinski definition) is 1. The summed E-state index contributed by atoms with van der Waals surface area (Å²) < 4.78 is 1.87. The second kappa shape index (κ2) is 3.27. The zero-order valence-corrected chi connectivity index (χ0v) is 7.91. The highest BCUT2D eigenvalue weighted by atomic mass is 16.3. The fourth-order valence-electron chi connectivity index (χ4n) is 0.977. The molecule has 0 aliphatic carbocycles. The van der Waals surface area contributed by atoms with Crippen LogP contribution in [0.2, 0.25) is 0 Å². The summed E-state index contributed by atoms with van der Waals surface area (Å²) in [6.07, 6.45) is 3.80. The first kappa shape index (κ1) is 9.26. The van der Waals surface area contributed by atoms with Crippen molar-refractivity contribution in [1.29, 1.82) is 0 Å². The summed E-state index contributed by atoms with van der Waals surface area (Å²) in [5, 5.41) is 13.2. The lowest BCUT2D eigenvalue weighted by Gasteiger charge is -2.18. The first-order chi connectivity index (χ1) is 5.60. The third kappa shape index (κ3) is 1.67. The Bertz CT molecular complexity index is 253. The highest BCUT2D eigenvalue weighted by Gasteiger charge is 2.20. The summed E-state index contributed by atoms with van der Waals surface area (Å²) in [5.74, 6) is 0. The number of aliphatic hydroxyl groups excluding tert-OH is 1. The number of rotatable bonds is 3. The zero-order valence-electron chi connectivity index (χ0n) is 7.91. The van der Waals surface area contributed by atoms with Gasteiger partial charge in [-0.1, -0.05) is 13.8 Å². The zero-order chi connectivity index (χ0) is 9.19. The van der Waals surface area contributed by atoms with Gasteiger partial charge in [-0.3, -0.25) is 4.68 Å². The maximum atomic E-state index is 9.09. The third-order valence-electron chi connectivity index (χ3n) is 2.13. The van der Waals surface area contributed by atoms with Crippen LogP contribution in [0.25, 0.3) is 0 Å². The van der Waals surface area contributed by atoms with Crippen molar-refractivity contribution in [3.63, 3.8) is 0 Å². The summed E-state index contributed by atoms with van der Waals surface area (Å²) in [6.45, 7) is 7.08. The van der Waals surface area contributed by atoms with Crippen molar-refractivity contribution < 1.29 is 5.11 Å². The van der Waals surface area contributed by atoms with Crippen LogP contribution in [-0.2, 0) is 12.0 Å². The first-order valence-electron chi connectivity index (χ1n) is 4.24. The summed E-state index contributed by atoms with van der Waals surface area (Å²) in [4.78, 5) is 0. The van der Waals surface area contributed by atoms with E-state index < -0.39 is 0 Å². The number of aryl methyl sites for hydroxylation is 1. The largest absolute Gasteiger partial charge is 0.395 e. The van der Waals surface area contributed by atoms with Crippen molar-refractivity contribution in [2.45, 2.75) is 32.7 Å². The van der Waals surface area contributed by atoms with Crippen LogP contribution < -0.4 is 0 Å². The van der Waals surface area contributed by atoms with E-state index in [9.17, 15) is 0 Å². The second-order valence-electron chi connectivity index (χ2n) is 3.63. The number of hydrogen-bond acceptors (Lipinski definition) is 2. The van der Waals surface area contributed by atoms with Crippen LogP contribution >= 0.6 is 0 Å². The van der Waals surface area contributed by atoms with Crippen LogP contribution in [0, 0.1) is 0 Å². The fourth-order valence-corrected chi connectivity index (χ4v) is 0.977. The average Bonchev–Trinajstić information content (AvgIpc) is 2.52. The molecule has 0 saturated heterocycles. The van der Waals surface area contributed by atoms with Gasteiger partial charge in [0.05, 0.1) is 12.8 Å². The number of aromatic nitrogens is 2. The molecule has 1 aromatic rings. The minimum atomic E-state index is -0.173. The smallest absolute Gasteiger partial charge is 0.0528 e. The van der Waals surface area contributed by atoms with Gasteiger partial charge in [-0.25, -0.2) is 0 Å². The molecule has 1 aromatic heterocycles. The van der Waals surface area contributed by atoms with Crippen LogP contribution in [0.3, 0.4) is 0 Å². The fraction of sp³-hybridized carbons (Fsp3) is 0.667. The molecule has 0 fully saturated rings. The molecule has 0 aliphatic heterocycles. The lowest BCUT2D eigenvalue weighted by molar-refractivity contribution is 0.218. The molecule has 0 aliphatic rings. The molecular weight excluding hydrogens is 152 g/mol. The van der Waals surface area contributed by atoms with Crippen molar-refractivity contribution in [1.82, 2.24) is 9.78 Å². The van der Waals surface area contributed by atoms with Crippen molar-refractivity contribution in [2.24, 2.45) is 0 Å². The van der Waals surface area contributed by atoms with Gasteiger partial charge in [-0.15, -0.1) is 0 Å². The maximum Gasteiger partial charge on any atom is 0.0528 e. The van der Waals surface area contributed by atoms with Gasteiger partial charge in [-0.05, 0) is 12.5 Å². The van der Waals surface area contributed by atoms with Gasteiger partial charge in [0.25, 0.3) is 0 Å². The van der Waals surface area contributed by atoms with Crippen LogP contribution in [0.15, 0.2) is 12.4 Å². The predicted octanol–water partition coefficient (Wildman–Crippen LogP) is 1.17. The predicted molar refractivity (Wildman–Crippen MR) is 48.0 cm³/mol. The Kier molecular flexibility index (Phi) is 2.52. The van der Waals surface area contributed by atoms with E-state index in [4.69, 9.17) is 5.11 Å². The highest BCUT2D eigenvalue weighted by molar-refractivity contribution is 5.16. The van der Waals surface area contributed by atoms with E-state index in [-0.39, 0.29) is 12.0 Å². The molecule has 0 radical (unpaired) electrons. The summed E-state index contributed by atoms with van der Waals surface area (Å²) in [6, 6.07) is 0. The number of aliphatic hydroxyl groups is 1. The van der Waals surface area contributed by atoms with Crippen LogP contribution in [-0.4, -0.2) is 21.5 Å². The van der Waals surface area contributed by atoms with Gasteiger partial charge >= 0.3 is 0 Å². The molecule has 1 heterocycles. The van der Waals surface area contributed by atoms with Gasteiger partial charge < -0.3 is 5.11 Å². The van der Waals surface area contributed by atoms with Crippen LogP contribution in [0.1, 0.15) is 26.3 Å². The molecule has 0 atom stereocenters. The highest BCUT2D eigenvalue weighted by Crippen LogP contribution is 2.21. The minimum Gasteiger partial charge on any atom is -0.395 e. The minimum absolute atomic E-state index is 0.155. The Morgan fingerprint density at radius 2 is 2.25 bits per heavy atom. The average molecular weight is 168 g/mol. The quantitative estimate of drug-likeness (QED) is 0.735. The monoisotopic (exact) mass is 168 g/mol. The van der Waals surface area contributed by atoms with Crippen molar-refractivity contribution in [3.05, 3.63) is 18.0 Å². The van der Waals surface area contributed by atoms with E-state index >= 15 is 0 Å². The van der Waals surface area contributed by atoms with Crippen molar-refractivity contribution in [2.75, 3.05) is 6.61 Å². The van der Waals surface area contributed by atoms with Gasteiger partial charge in [0.15, 0.2) is 0 Å². The van der Waals surface area contributed by atoms with Gasteiger partial charge in [0.1, 0.15) is 0 Å². The molecular formula is C9H16N2O. The Hall–Kier alpha value is -0.830. The van der Waals surface area contributed by atoms with E-state index in [1.807, 2.05) is 37.8 Å². The molecule has 0 unspecified atom stereocenters. The van der Waals surface area contributed by atoms with Crippen molar-refractivity contribution >= 4 is 0 Å². The molecule has 12 heavy (non-hydrogen) atoms. The maximum absolute atomic E-state index is 9.09. The summed E-state index contributed by atoms with van der Waals surface area (Å²) in [5.41, 5.74) is 0.916. The molecule has 3 heteroatoms. The van der Waals surface area contributed by atoms with E-state index in [1.165, 1.54) is 0 Å². The lowest BCUT2D eigenvalue weighted by atomic mass is 9.88. The first-order valence-corrected chi connectivity index (χ1v) is 4.24. The Balaban J connectivity index is 2.88. The Labute approximate surface area is 73.0 Å². The lowest BCUT2D eigenvalue weighted by Crippen LogP contribution is -2.21. The molecule has 0 bridgehead atoms. The summed E-state index contributed by atoms with van der Waals surface area (Å²) >= 11 is 0. The van der Waals surface area contributed by atoms with Crippen LogP contribution in [0.4, 0.5) is 0 Å². The molecule has 0 saturated carbocycles. The second-order valence-corrected chi connectivity index (χ2v) is 3.63. The van der Waals surface area contributed by atoms with Gasteiger partial charge in [0, 0.05) is 18.2 Å². The topological polar surface area (TPSA) is 38.0 Å². The normalized spacial score (nSPS) is 12.0. The standard InChI is InChI=1S/C9H16N2O/c1-4-11-6-8(5-10-11)9(2,3)7-12/h5-6,12H,4,7H2,1-3H3.